The van der Waals surface area contributed by atoms with Gasteiger partial charge in [-0.2, -0.15) is 5.26 Å². The van der Waals surface area contributed by atoms with E-state index >= 15 is 0 Å². The van der Waals surface area contributed by atoms with Gasteiger partial charge in [-0.25, -0.2) is 9.97 Å². The summed E-state index contributed by atoms with van der Waals surface area (Å²) in [5.74, 6) is 0. The molecule has 0 saturated carbocycles. The molecule has 0 saturated heterocycles. The Balaban J connectivity index is 1.30. The van der Waals surface area contributed by atoms with Gasteiger partial charge in [0.25, 0.3) is 0 Å². The van der Waals surface area contributed by atoms with Gasteiger partial charge in [-0.15, -0.1) is 0 Å². The zero-order chi connectivity index (χ0) is 42.0. The van der Waals surface area contributed by atoms with Crippen LogP contribution >= 0.6 is 0 Å². The average Bonchev–Trinajstić information content (AvgIpc) is 3.89. The molecule has 9 aromatic carbocycles. The van der Waals surface area contributed by atoms with Crippen molar-refractivity contribution in [3.8, 4) is 50.8 Å². The Labute approximate surface area is 365 Å². The van der Waals surface area contributed by atoms with E-state index in [0.29, 0.717) is 5.56 Å². The third-order valence-corrected chi connectivity index (χ3v) is 13.4. The van der Waals surface area contributed by atoms with E-state index in [2.05, 4.69) is 185 Å². The van der Waals surface area contributed by atoms with E-state index < -0.39 is 0 Å². The van der Waals surface area contributed by atoms with E-state index in [9.17, 15) is 5.26 Å². The van der Waals surface area contributed by atoms with Crippen molar-refractivity contribution in [2.24, 2.45) is 0 Å². The van der Waals surface area contributed by atoms with Crippen molar-refractivity contribution in [2.75, 3.05) is 0 Å². The van der Waals surface area contributed by atoms with Crippen molar-refractivity contribution in [1.29, 1.82) is 5.26 Å². The topological polar surface area (TPSA) is 72.3 Å². The highest BCUT2D eigenvalue weighted by atomic mass is 15.1. The maximum absolute atomic E-state index is 12.3. The second-order valence-corrected chi connectivity index (χ2v) is 16.5. The van der Waals surface area contributed by atoms with E-state index in [0.717, 1.165) is 132 Å². The molecule has 0 fully saturated rings. The SMILES string of the molecule is N#Cc1c(-n2c3cccc4c5ccccc5c5nccc2c5c43)c(-c2ccccc2)c(-c2ccccc2)c(-c2ccccc2)c1-n1c2nccc3c4ccccc4c4ccnc1c4c32. The van der Waals surface area contributed by atoms with Crippen LogP contribution in [0.4, 0.5) is 0 Å². The first-order valence-corrected chi connectivity index (χ1v) is 21.5. The first kappa shape index (κ1) is 34.8. The second kappa shape index (κ2) is 13.0. The lowest BCUT2D eigenvalue weighted by Crippen LogP contribution is -2.11. The fourth-order valence-electron chi connectivity index (χ4n) is 11.0. The average molecular weight is 813 g/mol. The molecule has 0 aliphatic carbocycles. The predicted octanol–water partition coefficient (Wildman–Crippen LogP) is 14.4. The van der Waals surface area contributed by atoms with Gasteiger partial charge in [0.15, 0.2) is 0 Å². The number of nitrogens with zero attached hydrogens (tertiary/aromatic N) is 6. The minimum absolute atomic E-state index is 0.506. The standard InChI is InChI=1S/C58H32N6/c59-33-44-55(63-45-26-14-25-40-39-23-12-13-24-43(39)54-53(50(40)45)46(63)29-32-60-54)48(35-17-6-2-7-18-35)47(34-15-4-1-5-16-34)49(36-19-8-3-9-20-36)56(44)64-57-51-41(27-30-61-57)37-21-10-11-22-38(37)42-28-31-62-58(64)52(42)51/h1-32H. The van der Waals surface area contributed by atoms with Gasteiger partial charge in [-0.05, 0) is 73.3 Å². The summed E-state index contributed by atoms with van der Waals surface area (Å²) in [5, 5.41) is 24.4. The van der Waals surface area contributed by atoms with Crippen molar-refractivity contribution in [3.63, 3.8) is 0 Å². The van der Waals surface area contributed by atoms with Gasteiger partial charge in [0, 0.05) is 62.2 Å². The van der Waals surface area contributed by atoms with Gasteiger partial charge in [-0.1, -0.05) is 152 Å². The molecule has 0 radical (unpaired) electrons. The number of fused-ring (bicyclic) bond motifs is 6. The van der Waals surface area contributed by atoms with E-state index in [1.165, 1.54) is 0 Å². The van der Waals surface area contributed by atoms with Crippen LogP contribution in [0.5, 0.6) is 0 Å². The third-order valence-electron chi connectivity index (χ3n) is 13.4. The maximum atomic E-state index is 12.3. The molecular weight excluding hydrogens is 781 g/mol. The van der Waals surface area contributed by atoms with Crippen LogP contribution in [-0.4, -0.2) is 24.1 Å². The van der Waals surface area contributed by atoms with Crippen molar-refractivity contribution >= 4 is 87.1 Å². The van der Waals surface area contributed by atoms with Crippen LogP contribution in [0.1, 0.15) is 5.56 Å². The lowest BCUT2D eigenvalue weighted by Gasteiger charge is -2.27. The lowest BCUT2D eigenvalue weighted by atomic mass is 9.82. The third kappa shape index (κ3) is 4.49. The van der Waals surface area contributed by atoms with Crippen LogP contribution in [0.3, 0.4) is 0 Å². The number of benzene rings is 9. The summed E-state index contributed by atoms with van der Waals surface area (Å²) in [6, 6.07) is 64.7. The Bertz CT molecular complexity index is 3820. The Morgan fingerprint density at radius 3 is 1.34 bits per heavy atom. The number of aromatic nitrogens is 5. The molecule has 0 unspecified atom stereocenters. The van der Waals surface area contributed by atoms with E-state index in [1.54, 1.807) is 0 Å². The number of rotatable bonds is 5. The zero-order valence-electron chi connectivity index (χ0n) is 34.2. The molecule has 6 nitrogen and oxygen atoms in total. The molecule has 64 heavy (non-hydrogen) atoms. The summed E-state index contributed by atoms with van der Waals surface area (Å²) >= 11 is 0. The lowest BCUT2D eigenvalue weighted by molar-refractivity contribution is 1.08. The van der Waals surface area contributed by atoms with Crippen molar-refractivity contribution in [3.05, 3.63) is 200 Å². The molecule has 0 aliphatic rings. The summed E-state index contributed by atoms with van der Waals surface area (Å²) < 4.78 is 4.53. The summed E-state index contributed by atoms with van der Waals surface area (Å²) in [6.45, 7) is 0. The molecule has 0 aliphatic heterocycles. The normalized spacial score (nSPS) is 12.0. The second-order valence-electron chi connectivity index (χ2n) is 16.5. The highest BCUT2D eigenvalue weighted by Crippen LogP contribution is 2.53. The Morgan fingerprint density at radius 1 is 0.344 bits per heavy atom. The first-order valence-electron chi connectivity index (χ1n) is 21.5. The van der Waals surface area contributed by atoms with Crippen LogP contribution in [-0.2, 0) is 0 Å². The van der Waals surface area contributed by atoms with Crippen LogP contribution in [0, 0.1) is 11.3 Å². The molecule has 6 heteroatoms. The fraction of sp³-hybridized carbons (Fsp3) is 0. The van der Waals surface area contributed by atoms with Crippen LogP contribution < -0.4 is 0 Å². The van der Waals surface area contributed by atoms with E-state index in [-0.39, 0.29) is 0 Å². The molecule has 5 heterocycles. The van der Waals surface area contributed by atoms with E-state index in [1.807, 2.05) is 24.7 Å². The minimum Gasteiger partial charge on any atom is -0.307 e. The van der Waals surface area contributed by atoms with Crippen LogP contribution in [0.2, 0.25) is 0 Å². The van der Waals surface area contributed by atoms with Crippen molar-refractivity contribution in [1.82, 2.24) is 24.1 Å². The van der Waals surface area contributed by atoms with Gasteiger partial charge < -0.3 is 4.57 Å². The summed E-state index contributed by atoms with van der Waals surface area (Å²) in [5.41, 5.74) is 12.3. The van der Waals surface area contributed by atoms with Gasteiger partial charge in [0.2, 0.25) is 0 Å². The molecule has 0 spiro atoms. The van der Waals surface area contributed by atoms with E-state index in [4.69, 9.17) is 15.0 Å². The molecule has 14 rings (SSSR count). The maximum Gasteiger partial charge on any atom is 0.147 e. The largest absolute Gasteiger partial charge is 0.307 e. The molecule has 0 amide bonds. The molecule has 5 aromatic heterocycles. The van der Waals surface area contributed by atoms with Crippen LogP contribution in [0.15, 0.2) is 195 Å². The van der Waals surface area contributed by atoms with Crippen molar-refractivity contribution in [2.45, 2.75) is 0 Å². The Kier molecular flexibility index (Phi) is 7.08. The highest BCUT2D eigenvalue weighted by molar-refractivity contribution is 6.35. The molecule has 294 valence electrons. The molecule has 14 aromatic rings. The Hall–Kier alpha value is -8.92. The quantitative estimate of drug-likeness (QED) is 0.162. The number of nitriles is 1. The Morgan fingerprint density at radius 2 is 0.781 bits per heavy atom. The number of hydrogen-bond acceptors (Lipinski definition) is 4. The summed E-state index contributed by atoms with van der Waals surface area (Å²) in [6.07, 6.45) is 5.71. The number of pyridine rings is 3. The monoisotopic (exact) mass is 812 g/mol. The summed E-state index contributed by atoms with van der Waals surface area (Å²) in [7, 11) is 0. The molecular formula is C58H32N6. The molecule has 0 atom stereocenters. The first-order chi connectivity index (χ1) is 31.8. The molecule has 0 N–H and O–H groups in total. The summed E-state index contributed by atoms with van der Waals surface area (Å²) in [4.78, 5) is 15.6. The fourth-order valence-corrected chi connectivity index (χ4v) is 11.0. The van der Waals surface area contributed by atoms with Gasteiger partial charge in [0.05, 0.1) is 27.9 Å². The smallest absolute Gasteiger partial charge is 0.147 e. The van der Waals surface area contributed by atoms with Gasteiger partial charge in [-0.3, -0.25) is 9.55 Å². The number of hydrogen-bond donors (Lipinski definition) is 0. The molecule has 0 bridgehead atoms. The highest BCUT2D eigenvalue weighted by Gasteiger charge is 2.34. The van der Waals surface area contributed by atoms with Gasteiger partial charge >= 0.3 is 0 Å². The van der Waals surface area contributed by atoms with Crippen molar-refractivity contribution < 1.29 is 0 Å². The zero-order valence-corrected chi connectivity index (χ0v) is 34.2. The van der Waals surface area contributed by atoms with Gasteiger partial charge in [0.1, 0.15) is 22.9 Å². The predicted molar refractivity (Wildman–Crippen MR) is 262 cm³/mol. The minimum atomic E-state index is 0.506. The van der Waals surface area contributed by atoms with Crippen LogP contribution in [0.25, 0.3) is 132 Å².